The number of aromatic amines is 1. The number of hydrogen-bond donors (Lipinski definition) is 3. The molecule has 0 amide bonds. The van der Waals surface area contributed by atoms with Crippen LogP contribution in [0.2, 0.25) is 0 Å². The second kappa shape index (κ2) is 7.60. The van der Waals surface area contributed by atoms with E-state index in [4.69, 9.17) is 9.97 Å². The van der Waals surface area contributed by atoms with Crippen LogP contribution in [0.25, 0.3) is 33.3 Å². The Kier molecular flexibility index (Phi) is 4.75. The van der Waals surface area contributed by atoms with Crippen LogP contribution < -0.4 is 4.90 Å². The van der Waals surface area contributed by atoms with Gasteiger partial charge in [0.05, 0.1) is 23.9 Å². The minimum atomic E-state index is -4.54. The summed E-state index contributed by atoms with van der Waals surface area (Å²) in [7, 11) is 0. The lowest BCUT2D eigenvalue weighted by atomic mass is 10.0. The average molecular weight is 470 g/mol. The number of nitrogens with zero attached hydrogens (tertiary/aromatic N) is 5. The molecule has 0 unspecified atom stereocenters. The van der Waals surface area contributed by atoms with E-state index in [1.165, 1.54) is 6.20 Å². The zero-order valence-electron chi connectivity index (χ0n) is 17.9. The van der Waals surface area contributed by atoms with Gasteiger partial charge >= 0.3 is 6.18 Å². The molecule has 2 fully saturated rings. The molecule has 1 saturated carbocycles. The van der Waals surface area contributed by atoms with Crippen LogP contribution in [-0.4, -0.2) is 60.4 Å². The number of rotatable bonds is 3. The van der Waals surface area contributed by atoms with Crippen LogP contribution in [-0.2, 0) is 6.18 Å². The van der Waals surface area contributed by atoms with Gasteiger partial charge in [-0.3, -0.25) is 4.98 Å². The van der Waals surface area contributed by atoms with Crippen LogP contribution in [0, 0.1) is 0 Å². The fourth-order valence-electron chi connectivity index (χ4n) is 4.63. The SMILES string of the molecule is O[C@@H]1CN(c2nc(-c3ccnc4[nH]c(C(F)(F)F)cc34)nc3cncc(C4CC4)c23)CC[C@@H]1O. The van der Waals surface area contributed by atoms with Crippen molar-refractivity contribution >= 4 is 27.8 Å². The molecule has 0 bridgehead atoms. The first-order chi connectivity index (χ1) is 16.3. The number of H-pyrrole nitrogens is 1. The number of fused-ring (bicyclic) bond motifs is 2. The average Bonchev–Trinajstić information content (AvgIpc) is 3.55. The number of aliphatic hydroxyl groups excluding tert-OH is 2. The van der Waals surface area contributed by atoms with Gasteiger partial charge in [0.25, 0.3) is 0 Å². The Bertz CT molecular complexity index is 1400. The number of nitrogens with one attached hydrogen (secondary N) is 1. The molecule has 34 heavy (non-hydrogen) atoms. The van der Waals surface area contributed by atoms with Crippen LogP contribution in [0.1, 0.15) is 36.4 Å². The molecule has 176 valence electrons. The van der Waals surface area contributed by atoms with Gasteiger partial charge in [0.2, 0.25) is 0 Å². The molecular formula is C23H21F3N6O2. The lowest BCUT2D eigenvalue weighted by Gasteiger charge is -2.35. The van der Waals surface area contributed by atoms with E-state index in [1.807, 2.05) is 11.1 Å². The summed E-state index contributed by atoms with van der Waals surface area (Å²) < 4.78 is 40.0. The van der Waals surface area contributed by atoms with E-state index in [0.29, 0.717) is 35.8 Å². The fourth-order valence-corrected chi connectivity index (χ4v) is 4.63. The number of piperidine rings is 1. The smallest absolute Gasteiger partial charge is 0.390 e. The third-order valence-corrected chi connectivity index (χ3v) is 6.56. The van der Waals surface area contributed by atoms with E-state index < -0.39 is 24.1 Å². The summed E-state index contributed by atoms with van der Waals surface area (Å²) in [5.41, 5.74) is 1.22. The van der Waals surface area contributed by atoms with Crippen molar-refractivity contribution in [2.45, 2.75) is 43.6 Å². The van der Waals surface area contributed by atoms with Crippen molar-refractivity contribution in [2.75, 3.05) is 18.0 Å². The number of pyridine rings is 2. The van der Waals surface area contributed by atoms with Gasteiger partial charge < -0.3 is 20.1 Å². The molecular weight excluding hydrogens is 449 g/mol. The van der Waals surface area contributed by atoms with Gasteiger partial charge in [-0.15, -0.1) is 0 Å². The van der Waals surface area contributed by atoms with Crippen LogP contribution in [0.15, 0.2) is 30.7 Å². The van der Waals surface area contributed by atoms with E-state index in [-0.39, 0.29) is 23.4 Å². The molecule has 0 radical (unpaired) electrons. The molecule has 8 nitrogen and oxygen atoms in total. The summed E-state index contributed by atoms with van der Waals surface area (Å²) in [6.45, 7) is 0.664. The number of hydrogen-bond acceptors (Lipinski definition) is 7. The minimum Gasteiger partial charge on any atom is -0.390 e. The van der Waals surface area contributed by atoms with Crippen molar-refractivity contribution in [3.63, 3.8) is 0 Å². The Morgan fingerprint density at radius 2 is 1.88 bits per heavy atom. The maximum Gasteiger partial charge on any atom is 0.431 e. The standard InChI is InChI=1S/C23H21F3N6O2/c24-23(25,26)18-7-13-12(3-5-28-20(13)30-18)21-29-15-9-27-8-14(11-1-2-11)19(15)22(31-21)32-6-4-16(33)17(34)10-32/h3,5,7-9,11,16-17,33-34H,1-2,4,6,10H2,(H,28,30)/t16-,17+/m0/s1. The highest BCUT2D eigenvalue weighted by molar-refractivity contribution is 5.97. The monoisotopic (exact) mass is 470 g/mol. The Labute approximate surface area is 191 Å². The zero-order valence-corrected chi connectivity index (χ0v) is 17.9. The maximum atomic E-state index is 13.3. The molecule has 0 aromatic carbocycles. The van der Waals surface area contributed by atoms with Gasteiger partial charge in [-0.1, -0.05) is 0 Å². The predicted molar refractivity (Wildman–Crippen MR) is 118 cm³/mol. The lowest BCUT2D eigenvalue weighted by molar-refractivity contribution is -0.140. The molecule has 2 aliphatic rings. The van der Waals surface area contributed by atoms with Crippen LogP contribution in [0.3, 0.4) is 0 Å². The predicted octanol–water partition coefficient (Wildman–Crippen LogP) is 3.40. The summed E-state index contributed by atoms with van der Waals surface area (Å²) in [5.74, 6) is 1.20. The highest BCUT2D eigenvalue weighted by Gasteiger charge is 2.34. The van der Waals surface area contributed by atoms with Crippen molar-refractivity contribution in [3.05, 3.63) is 42.0 Å². The Morgan fingerprint density at radius 3 is 2.62 bits per heavy atom. The topological polar surface area (TPSA) is 111 Å². The molecule has 2 atom stereocenters. The molecule has 1 aliphatic carbocycles. The van der Waals surface area contributed by atoms with E-state index in [9.17, 15) is 23.4 Å². The zero-order chi connectivity index (χ0) is 23.6. The number of anilines is 1. The molecule has 0 spiro atoms. The van der Waals surface area contributed by atoms with Crippen LogP contribution in [0.5, 0.6) is 0 Å². The van der Waals surface area contributed by atoms with E-state index in [2.05, 4.69) is 15.0 Å². The summed E-state index contributed by atoms with van der Waals surface area (Å²) in [6, 6.07) is 2.61. The number of β-amino-alcohol motifs (C(OH)–C–C–N with tert-alkyl or cyclic N) is 1. The molecule has 1 saturated heterocycles. The molecule has 4 aromatic heterocycles. The molecule has 5 heterocycles. The summed E-state index contributed by atoms with van der Waals surface area (Å²) >= 11 is 0. The van der Waals surface area contributed by atoms with Crippen molar-refractivity contribution in [1.82, 2.24) is 24.9 Å². The van der Waals surface area contributed by atoms with E-state index in [0.717, 1.165) is 29.9 Å². The summed E-state index contributed by atoms with van der Waals surface area (Å²) in [6.07, 6.45) is 1.03. The second-order valence-electron chi connectivity index (χ2n) is 8.94. The van der Waals surface area contributed by atoms with Crippen LogP contribution >= 0.6 is 0 Å². The van der Waals surface area contributed by atoms with Crippen molar-refractivity contribution in [3.8, 4) is 11.4 Å². The van der Waals surface area contributed by atoms with Gasteiger partial charge in [0, 0.05) is 41.8 Å². The Hall–Kier alpha value is -3.31. The molecule has 3 N–H and O–H groups in total. The van der Waals surface area contributed by atoms with Gasteiger partial charge in [-0.2, -0.15) is 13.2 Å². The third kappa shape index (κ3) is 3.55. The van der Waals surface area contributed by atoms with E-state index >= 15 is 0 Å². The largest absolute Gasteiger partial charge is 0.431 e. The first-order valence-electron chi connectivity index (χ1n) is 11.1. The summed E-state index contributed by atoms with van der Waals surface area (Å²) in [5, 5.41) is 21.4. The Balaban J connectivity index is 1.57. The first kappa shape index (κ1) is 21.2. The lowest BCUT2D eigenvalue weighted by Crippen LogP contribution is -2.47. The fraction of sp³-hybridized carbons (Fsp3) is 0.391. The molecule has 4 aromatic rings. The molecule has 6 rings (SSSR count). The van der Waals surface area contributed by atoms with Crippen LogP contribution in [0.4, 0.5) is 19.0 Å². The number of alkyl halides is 3. The third-order valence-electron chi connectivity index (χ3n) is 6.56. The van der Waals surface area contributed by atoms with Gasteiger partial charge in [-0.05, 0) is 42.9 Å². The quantitative estimate of drug-likeness (QED) is 0.421. The summed E-state index contributed by atoms with van der Waals surface area (Å²) in [4.78, 5) is 22.1. The van der Waals surface area contributed by atoms with Gasteiger partial charge in [0.1, 0.15) is 17.2 Å². The highest BCUT2D eigenvalue weighted by Crippen LogP contribution is 2.45. The van der Waals surface area contributed by atoms with Crippen molar-refractivity contribution in [2.24, 2.45) is 0 Å². The highest BCUT2D eigenvalue weighted by atomic mass is 19.4. The number of aliphatic hydroxyl groups is 2. The van der Waals surface area contributed by atoms with Crippen molar-refractivity contribution in [1.29, 1.82) is 0 Å². The molecule has 1 aliphatic heterocycles. The number of aromatic nitrogens is 5. The van der Waals surface area contributed by atoms with Crippen molar-refractivity contribution < 1.29 is 23.4 Å². The normalized spacial score (nSPS) is 21.5. The minimum absolute atomic E-state index is 0.0939. The second-order valence-corrected chi connectivity index (χ2v) is 8.94. The Morgan fingerprint density at radius 1 is 1.06 bits per heavy atom. The maximum absolute atomic E-state index is 13.3. The van der Waals surface area contributed by atoms with Gasteiger partial charge in [-0.25, -0.2) is 15.0 Å². The first-order valence-corrected chi connectivity index (χ1v) is 11.1. The number of halogens is 3. The van der Waals surface area contributed by atoms with E-state index in [1.54, 1.807) is 12.3 Å². The molecule has 11 heteroatoms. The van der Waals surface area contributed by atoms with Gasteiger partial charge in [0.15, 0.2) is 5.82 Å².